The molecular weight excluding hydrogens is 204 g/mol. The van der Waals surface area contributed by atoms with Crippen molar-refractivity contribution in [3.8, 4) is 5.75 Å². The number of rotatable bonds is 0. The molecule has 0 saturated heterocycles. The van der Waals surface area contributed by atoms with E-state index in [0.29, 0.717) is 12.2 Å². The molecule has 0 bridgehead atoms. The summed E-state index contributed by atoms with van der Waals surface area (Å²) in [6, 6.07) is 7.61. The molecule has 3 rings (SSSR count). The largest absolute Gasteiger partial charge is 0.457 e. The van der Waals surface area contributed by atoms with Crippen molar-refractivity contribution in [3.05, 3.63) is 53.3 Å². The van der Waals surface area contributed by atoms with E-state index in [-0.39, 0.29) is 0 Å². The molecule has 1 aromatic carbocycles. The molecule has 16 heavy (non-hydrogen) atoms. The molecule has 1 heterocycles. The maximum atomic E-state index is 11.2. The van der Waals surface area contributed by atoms with E-state index in [1.54, 1.807) is 0 Å². The zero-order valence-electron chi connectivity index (χ0n) is 8.40. The van der Waals surface area contributed by atoms with E-state index >= 15 is 0 Å². The fourth-order valence-electron chi connectivity index (χ4n) is 1.89. The highest BCUT2D eigenvalue weighted by molar-refractivity contribution is 6.46. The average molecular weight is 212 g/mol. The van der Waals surface area contributed by atoms with E-state index < -0.39 is 11.6 Å². The molecule has 78 valence electrons. The van der Waals surface area contributed by atoms with Crippen molar-refractivity contribution in [3.63, 3.8) is 0 Å². The zero-order chi connectivity index (χ0) is 11.1. The van der Waals surface area contributed by atoms with Crippen LogP contribution in [0.4, 0.5) is 0 Å². The Labute approximate surface area is 92.0 Å². The van der Waals surface area contributed by atoms with Crippen LogP contribution in [0.5, 0.6) is 5.75 Å². The van der Waals surface area contributed by atoms with E-state index in [1.165, 1.54) is 12.2 Å². The van der Waals surface area contributed by atoms with Crippen LogP contribution in [0.15, 0.2) is 47.7 Å². The van der Waals surface area contributed by atoms with Gasteiger partial charge in [0.25, 0.3) is 0 Å². The van der Waals surface area contributed by atoms with Gasteiger partial charge in [-0.05, 0) is 17.7 Å². The number of fused-ring (bicyclic) bond motifs is 2. The first-order valence-corrected chi connectivity index (χ1v) is 5.01. The molecule has 0 aromatic heterocycles. The smallest absolute Gasteiger partial charge is 0.229 e. The van der Waals surface area contributed by atoms with Crippen molar-refractivity contribution in [2.24, 2.45) is 0 Å². The summed E-state index contributed by atoms with van der Waals surface area (Å²) in [4.78, 5) is 22.4. The first kappa shape index (κ1) is 9.09. The molecule has 0 spiro atoms. The van der Waals surface area contributed by atoms with Crippen LogP contribution in [0, 0.1) is 0 Å². The summed E-state index contributed by atoms with van der Waals surface area (Å²) in [5, 5.41) is 0. The standard InChI is InChI=1S/C13H8O3/c14-10-6-9-5-8-3-1-2-4-12(8)16-13(9)7-11(10)15/h1-4,6-7H,5H2. The van der Waals surface area contributed by atoms with Crippen LogP contribution in [0.2, 0.25) is 0 Å². The molecule has 3 nitrogen and oxygen atoms in total. The quantitative estimate of drug-likeness (QED) is 0.484. The summed E-state index contributed by atoms with van der Waals surface area (Å²) < 4.78 is 5.57. The Balaban J connectivity index is 2.10. The van der Waals surface area contributed by atoms with Crippen LogP contribution in [0.25, 0.3) is 0 Å². The van der Waals surface area contributed by atoms with Gasteiger partial charge in [0.2, 0.25) is 11.6 Å². The minimum absolute atomic E-state index is 0.471. The number of benzene rings is 1. The lowest BCUT2D eigenvalue weighted by molar-refractivity contribution is -0.131. The maximum Gasteiger partial charge on any atom is 0.229 e. The van der Waals surface area contributed by atoms with Crippen LogP contribution >= 0.6 is 0 Å². The van der Waals surface area contributed by atoms with E-state index in [4.69, 9.17) is 4.74 Å². The fourth-order valence-corrected chi connectivity index (χ4v) is 1.89. The molecule has 0 fully saturated rings. The molecule has 0 atom stereocenters. The first-order valence-electron chi connectivity index (χ1n) is 5.01. The van der Waals surface area contributed by atoms with Crippen molar-refractivity contribution in [1.29, 1.82) is 0 Å². The minimum atomic E-state index is -0.516. The SMILES string of the molecule is O=C1C=C2Cc3ccccc3OC2=CC1=O. The van der Waals surface area contributed by atoms with Gasteiger partial charge in [0, 0.05) is 18.1 Å². The topological polar surface area (TPSA) is 43.4 Å². The molecule has 0 radical (unpaired) electrons. The molecule has 1 aliphatic carbocycles. The summed E-state index contributed by atoms with van der Waals surface area (Å²) in [5.41, 5.74) is 1.82. The van der Waals surface area contributed by atoms with E-state index in [1.807, 2.05) is 24.3 Å². The molecule has 0 unspecified atom stereocenters. The number of hydrogen-bond acceptors (Lipinski definition) is 3. The number of carbonyl (C=O) groups is 2. The van der Waals surface area contributed by atoms with Gasteiger partial charge < -0.3 is 4.74 Å². The van der Waals surface area contributed by atoms with Gasteiger partial charge in [0.1, 0.15) is 11.5 Å². The zero-order valence-corrected chi connectivity index (χ0v) is 8.40. The number of ether oxygens (including phenoxy) is 1. The summed E-state index contributed by atoms with van der Waals surface area (Å²) in [6.07, 6.45) is 3.28. The molecule has 0 amide bonds. The van der Waals surface area contributed by atoms with Crippen LogP contribution in [-0.2, 0) is 16.0 Å². The summed E-state index contributed by atoms with van der Waals surface area (Å²) in [7, 11) is 0. The van der Waals surface area contributed by atoms with Crippen LogP contribution in [-0.4, -0.2) is 11.6 Å². The third-order valence-electron chi connectivity index (χ3n) is 2.70. The van der Waals surface area contributed by atoms with Crippen LogP contribution < -0.4 is 4.74 Å². The normalized spacial score (nSPS) is 18.0. The molecule has 2 aliphatic rings. The van der Waals surface area contributed by atoms with E-state index in [9.17, 15) is 9.59 Å². The third kappa shape index (κ3) is 1.29. The lowest BCUT2D eigenvalue weighted by Gasteiger charge is -2.23. The Morgan fingerprint density at radius 3 is 2.62 bits per heavy atom. The number of allylic oxidation sites excluding steroid dienone is 3. The first-order chi connectivity index (χ1) is 7.74. The van der Waals surface area contributed by atoms with Gasteiger partial charge in [0.15, 0.2) is 0 Å². The summed E-state index contributed by atoms with van der Waals surface area (Å²) in [5.74, 6) is 0.274. The number of para-hydroxylation sites is 1. The average Bonchev–Trinajstić information content (AvgIpc) is 2.28. The van der Waals surface area contributed by atoms with Gasteiger partial charge in [0.05, 0.1) is 0 Å². The Hall–Kier alpha value is -2.16. The Bertz CT molecular complexity index is 513. The Kier molecular flexibility index (Phi) is 1.80. The van der Waals surface area contributed by atoms with Gasteiger partial charge in [-0.25, -0.2) is 0 Å². The van der Waals surface area contributed by atoms with Crippen molar-refractivity contribution in [1.82, 2.24) is 0 Å². The van der Waals surface area contributed by atoms with Gasteiger partial charge >= 0.3 is 0 Å². The van der Waals surface area contributed by atoms with Gasteiger partial charge in [-0.3, -0.25) is 9.59 Å². The molecular formula is C13H8O3. The predicted octanol–water partition coefficient (Wildman–Crippen LogP) is 1.58. The Morgan fingerprint density at radius 1 is 1.00 bits per heavy atom. The second-order valence-electron chi connectivity index (χ2n) is 3.79. The van der Waals surface area contributed by atoms with E-state index in [2.05, 4.69) is 0 Å². The third-order valence-corrected chi connectivity index (χ3v) is 2.70. The minimum Gasteiger partial charge on any atom is -0.457 e. The van der Waals surface area contributed by atoms with Crippen LogP contribution in [0.3, 0.4) is 0 Å². The van der Waals surface area contributed by atoms with Crippen molar-refractivity contribution in [2.75, 3.05) is 0 Å². The number of carbonyl (C=O) groups excluding carboxylic acids is 2. The van der Waals surface area contributed by atoms with E-state index in [0.717, 1.165) is 16.9 Å². The van der Waals surface area contributed by atoms with Crippen molar-refractivity contribution in [2.45, 2.75) is 6.42 Å². The van der Waals surface area contributed by atoms with Gasteiger partial charge in [-0.15, -0.1) is 0 Å². The monoisotopic (exact) mass is 212 g/mol. The number of ketones is 2. The highest BCUT2D eigenvalue weighted by atomic mass is 16.5. The molecule has 1 aliphatic heterocycles. The lowest BCUT2D eigenvalue weighted by atomic mass is 9.94. The predicted molar refractivity (Wildman–Crippen MR) is 57.0 cm³/mol. The second kappa shape index (κ2) is 3.17. The maximum absolute atomic E-state index is 11.2. The van der Waals surface area contributed by atoms with Gasteiger partial charge in [-0.2, -0.15) is 0 Å². The molecule has 0 saturated carbocycles. The highest BCUT2D eigenvalue weighted by Gasteiger charge is 2.26. The Morgan fingerprint density at radius 2 is 1.75 bits per heavy atom. The van der Waals surface area contributed by atoms with Gasteiger partial charge in [-0.1, -0.05) is 18.2 Å². The summed E-state index contributed by atoms with van der Waals surface area (Å²) >= 11 is 0. The molecule has 1 aromatic rings. The lowest BCUT2D eigenvalue weighted by Crippen LogP contribution is -2.21. The highest BCUT2D eigenvalue weighted by Crippen LogP contribution is 2.33. The van der Waals surface area contributed by atoms with Crippen molar-refractivity contribution < 1.29 is 14.3 Å². The number of hydrogen-bond donors (Lipinski definition) is 0. The molecule has 0 N–H and O–H groups in total. The van der Waals surface area contributed by atoms with Crippen molar-refractivity contribution >= 4 is 11.6 Å². The molecule has 3 heteroatoms. The van der Waals surface area contributed by atoms with Crippen LogP contribution in [0.1, 0.15) is 5.56 Å². The summed E-state index contributed by atoms with van der Waals surface area (Å²) in [6.45, 7) is 0. The second-order valence-corrected chi connectivity index (χ2v) is 3.79. The fraction of sp³-hybridized carbons (Fsp3) is 0.0769.